The van der Waals surface area contributed by atoms with E-state index in [0.717, 1.165) is 11.1 Å². The average molecular weight is 368 g/mol. The molecular weight excluding hydrogens is 344 g/mol. The van der Waals surface area contributed by atoms with Gasteiger partial charge in [-0.05, 0) is 41.5 Å². The number of carbonyl (C=O) groups excluding carboxylic acids is 2. The Bertz CT molecular complexity index is 827. The summed E-state index contributed by atoms with van der Waals surface area (Å²) < 4.78 is 10.4. The number of amides is 2. The van der Waals surface area contributed by atoms with Crippen molar-refractivity contribution in [3.63, 3.8) is 0 Å². The molecule has 6 nitrogen and oxygen atoms in total. The molecule has 0 spiro atoms. The molecule has 2 aromatic carbocycles. The van der Waals surface area contributed by atoms with Gasteiger partial charge in [0.1, 0.15) is 0 Å². The molecule has 0 atom stereocenters. The van der Waals surface area contributed by atoms with Gasteiger partial charge in [0.15, 0.2) is 11.5 Å². The topological polar surface area (TPSA) is 67.9 Å². The standard InChI is InChI=1S/C21H24N2O4/c1-23(2)21(25)14-16-5-9-17(10-6-16)22-20(24)12-8-15-7-11-18(26-3)19(13-15)27-4/h5-13H,14H2,1-4H3,(H,22,24)/b12-8+. The van der Waals surface area contributed by atoms with Crippen LogP contribution in [0.15, 0.2) is 48.5 Å². The minimum atomic E-state index is -0.248. The van der Waals surface area contributed by atoms with Crippen molar-refractivity contribution in [1.29, 1.82) is 0 Å². The van der Waals surface area contributed by atoms with Gasteiger partial charge in [-0.3, -0.25) is 9.59 Å². The molecule has 0 aliphatic heterocycles. The summed E-state index contributed by atoms with van der Waals surface area (Å²) in [6.45, 7) is 0. The Morgan fingerprint density at radius 2 is 1.67 bits per heavy atom. The van der Waals surface area contributed by atoms with E-state index >= 15 is 0 Å². The lowest BCUT2D eigenvalue weighted by Crippen LogP contribution is -2.23. The van der Waals surface area contributed by atoms with Crippen molar-refractivity contribution < 1.29 is 19.1 Å². The van der Waals surface area contributed by atoms with Crippen LogP contribution in [0, 0.1) is 0 Å². The maximum absolute atomic E-state index is 12.1. The minimum absolute atomic E-state index is 0.0321. The molecule has 0 fully saturated rings. The van der Waals surface area contributed by atoms with E-state index in [-0.39, 0.29) is 11.8 Å². The molecule has 2 rings (SSSR count). The molecule has 27 heavy (non-hydrogen) atoms. The monoisotopic (exact) mass is 368 g/mol. The number of rotatable bonds is 7. The van der Waals surface area contributed by atoms with Gasteiger partial charge >= 0.3 is 0 Å². The summed E-state index contributed by atoms with van der Waals surface area (Å²) in [5.41, 5.74) is 2.38. The van der Waals surface area contributed by atoms with Crippen molar-refractivity contribution in [1.82, 2.24) is 4.90 Å². The molecule has 0 aromatic heterocycles. The largest absolute Gasteiger partial charge is 0.493 e. The number of ether oxygens (including phenoxy) is 2. The van der Waals surface area contributed by atoms with Crippen molar-refractivity contribution in [3.05, 3.63) is 59.7 Å². The number of nitrogens with zero attached hydrogens (tertiary/aromatic N) is 1. The molecule has 0 saturated carbocycles. The molecule has 142 valence electrons. The van der Waals surface area contributed by atoms with Crippen LogP contribution in [0.1, 0.15) is 11.1 Å². The van der Waals surface area contributed by atoms with Gasteiger partial charge in [0, 0.05) is 25.9 Å². The second kappa shape index (κ2) is 9.43. The van der Waals surface area contributed by atoms with Gasteiger partial charge in [0.05, 0.1) is 20.6 Å². The third kappa shape index (κ3) is 5.88. The molecule has 2 aromatic rings. The van der Waals surface area contributed by atoms with Gasteiger partial charge in [-0.15, -0.1) is 0 Å². The van der Waals surface area contributed by atoms with Crippen LogP contribution < -0.4 is 14.8 Å². The molecule has 1 N–H and O–H groups in total. The first-order chi connectivity index (χ1) is 12.9. The van der Waals surface area contributed by atoms with E-state index in [4.69, 9.17) is 9.47 Å². The van der Waals surface area contributed by atoms with Crippen molar-refractivity contribution in [2.75, 3.05) is 33.6 Å². The lowest BCUT2D eigenvalue weighted by atomic mass is 10.1. The number of benzene rings is 2. The Morgan fingerprint density at radius 3 is 2.26 bits per heavy atom. The van der Waals surface area contributed by atoms with Gasteiger partial charge in [-0.1, -0.05) is 18.2 Å². The quantitative estimate of drug-likeness (QED) is 0.763. The second-order valence-electron chi connectivity index (χ2n) is 6.10. The summed E-state index contributed by atoms with van der Waals surface area (Å²) in [5.74, 6) is 1.02. The molecule has 6 heteroatoms. The van der Waals surface area contributed by atoms with Gasteiger partial charge in [-0.2, -0.15) is 0 Å². The number of nitrogens with one attached hydrogen (secondary N) is 1. The van der Waals surface area contributed by atoms with E-state index in [1.807, 2.05) is 18.2 Å². The predicted molar refractivity (Wildman–Crippen MR) is 106 cm³/mol. The van der Waals surface area contributed by atoms with Gasteiger partial charge in [0.2, 0.25) is 11.8 Å². The summed E-state index contributed by atoms with van der Waals surface area (Å²) in [6, 6.07) is 12.6. The van der Waals surface area contributed by atoms with E-state index in [2.05, 4.69) is 5.32 Å². The lowest BCUT2D eigenvalue weighted by molar-refractivity contribution is -0.128. The van der Waals surface area contributed by atoms with E-state index < -0.39 is 0 Å². The molecule has 0 aliphatic rings. The van der Waals surface area contributed by atoms with Gasteiger partial charge in [0.25, 0.3) is 0 Å². The average Bonchev–Trinajstić information content (AvgIpc) is 2.67. The number of hydrogen-bond acceptors (Lipinski definition) is 4. The first-order valence-corrected chi connectivity index (χ1v) is 8.43. The zero-order valence-corrected chi connectivity index (χ0v) is 16.0. The zero-order chi connectivity index (χ0) is 19.8. The molecule has 0 radical (unpaired) electrons. The third-order valence-electron chi connectivity index (χ3n) is 3.91. The number of methoxy groups -OCH3 is 2. The minimum Gasteiger partial charge on any atom is -0.493 e. The maximum atomic E-state index is 12.1. The van der Waals surface area contributed by atoms with Crippen molar-refractivity contribution in [2.24, 2.45) is 0 Å². The first-order valence-electron chi connectivity index (χ1n) is 8.43. The van der Waals surface area contributed by atoms with Crippen LogP contribution in [-0.4, -0.2) is 45.0 Å². The normalized spacial score (nSPS) is 10.5. The summed E-state index contributed by atoms with van der Waals surface area (Å²) in [5, 5.41) is 2.79. The third-order valence-corrected chi connectivity index (χ3v) is 3.91. The van der Waals surface area contributed by atoms with E-state index in [1.165, 1.54) is 6.08 Å². The molecule has 0 bridgehead atoms. The highest BCUT2D eigenvalue weighted by Gasteiger charge is 2.06. The zero-order valence-electron chi connectivity index (χ0n) is 16.0. The number of likely N-dealkylation sites (N-methyl/N-ethyl adjacent to an activating group) is 1. The van der Waals surface area contributed by atoms with Crippen LogP contribution in [0.2, 0.25) is 0 Å². The number of hydrogen-bond donors (Lipinski definition) is 1. The second-order valence-corrected chi connectivity index (χ2v) is 6.10. The molecule has 2 amide bonds. The number of carbonyl (C=O) groups is 2. The van der Waals surface area contributed by atoms with E-state index in [0.29, 0.717) is 23.6 Å². The van der Waals surface area contributed by atoms with Crippen LogP contribution in [0.4, 0.5) is 5.69 Å². The van der Waals surface area contributed by atoms with E-state index in [1.54, 1.807) is 63.6 Å². The lowest BCUT2D eigenvalue weighted by Gasteiger charge is -2.10. The number of anilines is 1. The van der Waals surface area contributed by atoms with Crippen molar-refractivity contribution in [3.8, 4) is 11.5 Å². The fourth-order valence-corrected chi connectivity index (χ4v) is 2.35. The summed E-state index contributed by atoms with van der Waals surface area (Å²) in [6.07, 6.45) is 3.48. The molecule has 0 saturated heterocycles. The smallest absolute Gasteiger partial charge is 0.248 e. The predicted octanol–water partition coefficient (Wildman–Crippen LogP) is 2.99. The fraction of sp³-hybridized carbons (Fsp3) is 0.238. The summed E-state index contributed by atoms with van der Waals surface area (Å²) >= 11 is 0. The van der Waals surface area contributed by atoms with Crippen molar-refractivity contribution >= 4 is 23.6 Å². The van der Waals surface area contributed by atoms with Crippen LogP contribution in [0.5, 0.6) is 11.5 Å². The SMILES string of the molecule is COc1ccc(/C=C/C(=O)Nc2ccc(CC(=O)N(C)C)cc2)cc1OC. The Labute approximate surface area is 159 Å². The Balaban J connectivity index is 1.97. The van der Waals surface area contributed by atoms with Crippen LogP contribution in [0.25, 0.3) is 6.08 Å². The molecule has 0 heterocycles. The van der Waals surface area contributed by atoms with Crippen LogP contribution >= 0.6 is 0 Å². The highest BCUT2D eigenvalue weighted by molar-refractivity contribution is 6.02. The Kier molecular flexibility index (Phi) is 7.00. The Morgan fingerprint density at radius 1 is 1.00 bits per heavy atom. The maximum Gasteiger partial charge on any atom is 0.248 e. The first kappa shape index (κ1) is 20.0. The van der Waals surface area contributed by atoms with Crippen LogP contribution in [-0.2, 0) is 16.0 Å². The molecular formula is C21H24N2O4. The summed E-state index contributed by atoms with van der Waals surface area (Å²) in [7, 11) is 6.58. The Hall–Kier alpha value is -3.28. The van der Waals surface area contributed by atoms with Crippen molar-refractivity contribution in [2.45, 2.75) is 6.42 Å². The highest BCUT2D eigenvalue weighted by Crippen LogP contribution is 2.27. The molecule has 0 aliphatic carbocycles. The van der Waals surface area contributed by atoms with Gasteiger partial charge < -0.3 is 19.7 Å². The summed E-state index contributed by atoms with van der Waals surface area (Å²) in [4.78, 5) is 25.4. The molecule has 0 unspecified atom stereocenters. The van der Waals surface area contributed by atoms with Gasteiger partial charge in [-0.25, -0.2) is 0 Å². The highest BCUT2D eigenvalue weighted by atomic mass is 16.5. The van der Waals surface area contributed by atoms with E-state index in [9.17, 15) is 9.59 Å². The van der Waals surface area contributed by atoms with Crippen LogP contribution in [0.3, 0.4) is 0 Å². The fourth-order valence-electron chi connectivity index (χ4n) is 2.35.